The minimum atomic E-state index is -0.271. The van der Waals surface area contributed by atoms with Gasteiger partial charge in [0.05, 0.1) is 16.7 Å². The van der Waals surface area contributed by atoms with Crippen molar-refractivity contribution in [1.29, 1.82) is 0 Å². The number of carbonyl (C=O) groups excluding carboxylic acids is 1. The molecule has 0 unspecified atom stereocenters. The lowest BCUT2D eigenvalue weighted by Crippen LogP contribution is -2.40. The maximum atomic E-state index is 13.1. The van der Waals surface area contributed by atoms with E-state index in [-0.39, 0.29) is 17.2 Å². The fourth-order valence-corrected chi connectivity index (χ4v) is 4.82. The summed E-state index contributed by atoms with van der Waals surface area (Å²) >= 11 is 0. The largest absolute Gasteiger partial charge is 0.337 e. The van der Waals surface area contributed by atoms with E-state index in [0.717, 1.165) is 42.5 Å². The Morgan fingerprint density at radius 2 is 2.10 bits per heavy atom. The number of aromatic amines is 1. The Kier molecular flexibility index (Phi) is 4.58. The van der Waals surface area contributed by atoms with Gasteiger partial charge in [0.25, 0.3) is 5.91 Å². The number of fused-ring (bicyclic) bond motifs is 1. The van der Waals surface area contributed by atoms with Crippen molar-refractivity contribution in [3.05, 3.63) is 71.3 Å². The van der Waals surface area contributed by atoms with Crippen molar-refractivity contribution in [3.63, 3.8) is 0 Å². The molecule has 0 aromatic carbocycles. The van der Waals surface area contributed by atoms with Gasteiger partial charge in [0, 0.05) is 57.2 Å². The Morgan fingerprint density at radius 3 is 2.80 bits per heavy atom. The van der Waals surface area contributed by atoms with E-state index >= 15 is 0 Å². The first kappa shape index (κ1) is 18.9. The molecule has 154 valence electrons. The standard InChI is InChI=1S/C22H25N7O/c1-15-5-6-19(24-8-15)12-28-10-18-11-29(20(30)17-4-3-7-23-9-17)14-22(18,13-28)21-25-16(2)26-27-21/h3-9,18H,10-14H2,1-2H3,(H,25,26,27)/t18-,22-/m1/s1. The molecule has 0 spiro atoms. The fraction of sp³-hybridized carbons (Fsp3) is 0.409. The summed E-state index contributed by atoms with van der Waals surface area (Å²) in [6.07, 6.45) is 5.23. The van der Waals surface area contributed by atoms with E-state index in [2.05, 4.69) is 42.2 Å². The van der Waals surface area contributed by atoms with Crippen LogP contribution in [0.2, 0.25) is 0 Å². The highest BCUT2D eigenvalue weighted by atomic mass is 16.2. The third-order valence-electron chi connectivity index (χ3n) is 6.28. The van der Waals surface area contributed by atoms with E-state index in [1.165, 1.54) is 0 Å². The van der Waals surface area contributed by atoms with Crippen LogP contribution in [0.15, 0.2) is 42.9 Å². The van der Waals surface area contributed by atoms with Crippen molar-refractivity contribution in [2.75, 3.05) is 26.2 Å². The molecule has 0 saturated carbocycles. The third-order valence-corrected chi connectivity index (χ3v) is 6.28. The second-order valence-corrected chi connectivity index (χ2v) is 8.52. The van der Waals surface area contributed by atoms with E-state index in [4.69, 9.17) is 0 Å². The molecule has 5 heterocycles. The monoisotopic (exact) mass is 403 g/mol. The molecule has 3 aromatic rings. The van der Waals surface area contributed by atoms with E-state index in [0.29, 0.717) is 18.7 Å². The molecule has 0 bridgehead atoms. The summed E-state index contributed by atoms with van der Waals surface area (Å²) in [5, 5.41) is 7.52. The van der Waals surface area contributed by atoms with Crippen molar-refractivity contribution in [3.8, 4) is 0 Å². The molecule has 8 nitrogen and oxygen atoms in total. The van der Waals surface area contributed by atoms with Gasteiger partial charge >= 0.3 is 0 Å². The normalized spacial score (nSPS) is 23.7. The molecule has 0 radical (unpaired) electrons. The SMILES string of the molecule is Cc1ccc(CN2C[C@@H]3CN(C(=O)c4cccnc4)C[C@]3(c3n[nH]c(C)n3)C2)nc1. The quantitative estimate of drug-likeness (QED) is 0.714. The van der Waals surface area contributed by atoms with Crippen LogP contribution in [0.3, 0.4) is 0 Å². The van der Waals surface area contributed by atoms with Crippen LogP contribution >= 0.6 is 0 Å². The van der Waals surface area contributed by atoms with Gasteiger partial charge < -0.3 is 4.90 Å². The zero-order chi connectivity index (χ0) is 20.7. The van der Waals surface area contributed by atoms with Crippen LogP contribution in [0, 0.1) is 19.8 Å². The summed E-state index contributed by atoms with van der Waals surface area (Å²) in [5.41, 5.74) is 2.58. The number of aryl methyl sites for hydroxylation is 2. The highest BCUT2D eigenvalue weighted by Gasteiger charge is 2.56. The van der Waals surface area contributed by atoms with E-state index in [1.807, 2.05) is 31.0 Å². The first-order valence-corrected chi connectivity index (χ1v) is 10.3. The van der Waals surface area contributed by atoms with Crippen molar-refractivity contribution in [2.45, 2.75) is 25.8 Å². The number of carbonyl (C=O) groups is 1. The predicted octanol–water partition coefficient (Wildman–Crippen LogP) is 1.74. The number of H-pyrrole nitrogens is 1. The number of hydrogen-bond acceptors (Lipinski definition) is 6. The second kappa shape index (κ2) is 7.28. The van der Waals surface area contributed by atoms with Gasteiger partial charge in [-0.05, 0) is 37.6 Å². The molecule has 2 aliphatic rings. The van der Waals surface area contributed by atoms with Gasteiger partial charge in [0.15, 0.2) is 5.82 Å². The molecule has 8 heteroatoms. The van der Waals surface area contributed by atoms with Gasteiger partial charge in [0.2, 0.25) is 0 Å². The summed E-state index contributed by atoms with van der Waals surface area (Å²) in [6, 6.07) is 7.81. The molecule has 2 fully saturated rings. The molecular formula is C22H25N7O. The average molecular weight is 403 g/mol. The lowest BCUT2D eigenvalue weighted by Gasteiger charge is -2.26. The molecule has 1 amide bonds. The van der Waals surface area contributed by atoms with E-state index in [9.17, 15) is 4.79 Å². The molecule has 1 N–H and O–H groups in total. The van der Waals surface area contributed by atoms with Crippen LogP contribution in [-0.2, 0) is 12.0 Å². The highest BCUT2D eigenvalue weighted by Crippen LogP contribution is 2.44. The van der Waals surface area contributed by atoms with Crippen LogP contribution in [0.1, 0.15) is 33.3 Å². The summed E-state index contributed by atoms with van der Waals surface area (Å²) in [4.78, 5) is 30.8. The van der Waals surface area contributed by atoms with Crippen molar-refractivity contribution >= 4 is 5.91 Å². The molecule has 3 aromatic heterocycles. The molecule has 0 aliphatic carbocycles. The summed E-state index contributed by atoms with van der Waals surface area (Å²) in [7, 11) is 0. The molecule has 2 aliphatic heterocycles. The van der Waals surface area contributed by atoms with Crippen LogP contribution in [-0.4, -0.2) is 67.0 Å². The van der Waals surface area contributed by atoms with Gasteiger partial charge in [-0.25, -0.2) is 4.98 Å². The number of rotatable bonds is 4. The number of pyridine rings is 2. The summed E-state index contributed by atoms with van der Waals surface area (Å²) in [6.45, 7) is 7.75. The number of nitrogens with one attached hydrogen (secondary N) is 1. The summed E-state index contributed by atoms with van der Waals surface area (Å²) in [5.74, 6) is 1.91. The first-order chi connectivity index (χ1) is 14.5. The van der Waals surface area contributed by atoms with Gasteiger partial charge in [-0.15, -0.1) is 0 Å². The molecular weight excluding hydrogens is 378 g/mol. The average Bonchev–Trinajstić information content (AvgIpc) is 3.42. The molecule has 30 heavy (non-hydrogen) atoms. The van der Waals surface area contributed by atoms with Crippen LogP contribution in [0.4, 0.5) is 0 Å². The van der Waals surface area contributed by atoms with Gasteiger partial charge in [-0.2, -0.15) is 5.10 Å². The van der Waals surface area contributed by atoms with Gasteiger partial charge in [0.1, 0.15) is 5.82 Å². The van der Waals surface area contributed by atoms with Crippen molar-refractivity contribution in [1.82, 2.24) is 34.9 Å². The predicted molar refractivity (Wildman–Crippen MR) is 111 cm³/mol. The van der Waals surface area contributed by atoms with Crippen molar-refractivity contribution < 1.29 is 4.79 Å². The third kappa shape index (κ3) is 3.27. The van der Waals surface area contributed by atoms with Crippen molar-refractivity contribution in [2.24, 2.45) is 5.92 Å². The Morgan fingerprint density at radius 1 is 1.20 bits per heavy atom. The van der Waals surface area contributed by atoms with E-state index < -0.39 is 0 Å². The summed E-state index contributed by atoms with van der Waals surface area (Å²) < 4.78 is 0. The Hall–Kier alpha value is -3.13. The Bertz CT molecular complexity index is 1050. The van der Waals surface area contributed by atoms with Crippen LogP contribution in [0.25, 0.3) is 0 Å². The molecule has 2 atom stereocenters. The number of aromatic nitrogens is 5. The maximum Gasteiger partial charge on any atom is 0.255 e. The first-order valence-electron chi connectivity index (χ1n) is 10.3. The number of hydrogen-bond donors (Lipinski definition) is 1. The highest BCUT2D eigenvalue weighted by molar-refractivity contribution is 5.94. The Labute approximate surface area is 175 Å². The minimum Gasteiger partial charge on any atom is -0.337 e. The Balaban J connectivity index is 1.40. The second-order valence-electron chi connectivity index (χ2n) is 8.52. The lowest BCUT2D eigenvalue weighted by molar-refractivity contribution is 0.0768. The fourth-order valence-electron chi connectivity index (χ4n) is 4.82. The topological polar surface area (TPSA) is 90.9 Å². The van der Waals surface area contributed by atoms with Gasteiger partial charge in [-0.3, -0.25) is 24.8 Å². The number of likely N-dealkylation sites (tertiary alicyclic amines) is 2. The van der Waals surface area contributed by atoms with Crippen LogP contribution in [0.5, 0.6) is 0 Å². The smallest absolute Gasteiger partial charge is 0.255 e. The lowest BCUT2D eigenvalue weighted by atomic mass is 9.80. The minimum absolute atomic E-state index is 0.0240. The van der Waals surface area contributed by atoms with Gasteiger partial charge in [-0.1, -0.05) is 6.07 Å². The number of nitrogens with zero attached hydrogens (tertiary/aromatic N) is 6. The zero-order valence-electron chi connectivity index (χ0n) is 17.2. The molecule has 2 saturated heterocycles. The van der Waals surface area contributed by atoms with E-state index in [1.54, 1.807) is 18.5 Å². The maximum absolute atomic E-state index is 13.1. The van der Waals surface area contributed by atoms with Crippen LogP contribution < -0.4 is 0 Å². The zero-order valence-corrected chi connectivity index (χ0v) is 17.2. The number of amides is 1. The molecule has 5 rings (SSSR count).